The highest BCUT2D eigenvalue weighted by molar-refractivity contribution is 5.96. The fourth-order valence-corrected chi connectivity index (χ4v) is 3.08. The maximum absolute atomic E-state index is 13.4. The summed E-state index contributed by atoms with van der Waals surface area (Å²) in [7, 11) is 1.46. The molecule has 3 rings (SSSR count). The second-order valence-electron chi connectivity index (χ2n) is 6.85. The molecule has 0 unspecified atom stereocenters. The van der Waals surface area contributed by atoms with Gasteiger partial charge in [-0.15, -0.1) is 0 Å². The average Bonchev–Trinajstić information content (AvgIpc) is 2.77. The van der Waals surface area contributed by atoms with Crippen molar-refractivity contribution < 1.29 is 18.7 Å². The third-order valence-electron chi connectivity index (χ3n) is 4.65. The number of nitrogens with zero attached hydrogens (tertiary/aromatic N) is 2. The number of aromatic nitrogens is 2. The van der Waals surface area contributed by atoms with Crippen molar-refractivity contribution in [1.29, 1.82) is 0 Å². The van der Waals surface area contributed by atoms with Gasteiger partial charge in [0.1, 0.15) is 17.4 Å². The largest absolute Gasteiger partial charge is 0.484 e. The van der Waals surface area contributed by atoms with Gasteiger partial charge >= 0.3 is 5.69 Å². The summed E-state index contributed by atoms with van der Waals surface area (Å²) in [5.41, 5.74) is 5.17. The van der Waals surface area contributed by atoms with Gasteiger partial charge in [0.25, 0.3) is 11.5 Å². The van der Waals surface area contributed by atoms with Crippen molar-refractivity contribution in [3.05, 3.63) is 86.8 Å². The third kappa shape index (κ3) is 5.41. The predicted molar refractivity (Wildman–Crippen MR) is 117 cm³/mol. The number of carbonyl (C=O) groups is 1. The molecular formula is C22H23FN4O5. The normalized spacial score (nSPS) is 10.7. The molecule has 0 aliphatic rings. The summed E-state index contributed by atoms with van der Waals surface area (Å²) in [5, 5.41) is 0. The molecule has 9 nitrogen and oxygen atoms in total. The van der Waals surface area contributed by atoms with E-state index < -0.39 is 29.6 Å². The number of hydrogen-bond acceptors (Lipinski definition) is 6. The molecule has 168 valence electrons. The van der Waals surface area contributed by atoms with Crippen molar-refractivity contribution in [3.63, 3.8) is 0 Å². The highest BCUT2D eigenvalue weighted by Gasteiger charge is 2.25. The van der Waals surface area contributed by atoms with Crippen LogP contribution in [0.1, 0.15) is 5.56 Å². The van der Waals surface area contributed by atoms with E-state index in [1.165, 1.54) is 25.3 Å². The first kappa shape index (κ1) is 22.8. The lowest BCUT2D eigenvalue weighted by Crippen LogP contribution is -2.42. The van der Waals surface area contributed by atoms with E-state index in [0.717, 1.165) is 21.1 Å². The zero-order valence-electron chi connectivity index (χ0n) is 17.4. The minimum atomic E-state index is -0.809. The summed E-state index contributed by atoms with van der Waals surface area (Å²) in [6, 6.07) is 14.3. The molecule has 0 radical (unpaired) electrons. The van der Waals surface area contributed by atoms with Crippen LogP contribution in [0, 0.1) is 5.82 Å². The molecule has 2 aromatic carbocycles. The van der Waals surface area contributed by atoms with Gasteiger partial charge in [0.15, 0.2) is 12.3 Å². The Morgan fingerprint density at radius 3 is 2.59 bits per heavy atom. The molecule has 0 aliphatic carbocycles. The first-order chi connectivity index (χ1) is 15.4. The number of rotatable bonds is 9. The molecule has 0 bridgehead atoms. The number of hydrogen-bond donors (Lipinski definition) is 2. The standard InChI is InChI=1S/C22H23FN4O5/c1-31-11-10-26-20(24)19(21(29)25-22(26)30)27(13-15-6-3-2-4-7-15)18(28)14-32-17-9-5-8-16(23)12-17/h2-9,12H,10-11,13-14,24H2,1H3,(H,25,29,30). The van der Waals surface area contributed by atoms with Crippen LogP contribution >= 0.6 is 0 Å². The van der Waals surface area contributed by atoms with E-state index in [2.05, 4.69) is 4.98 Å². The van der Waals surface area contributed by atoms with E-state index in [-0.39, 0.29) is 37.0 Å². The van der Waals surface area contributed by atoms with E-state index in [1.807, 2.05) is 6.07 Å². The fraction of sp³-hybridized carbons (Fsp3) is 0.227. The van der Waals surface area contributed by atoms with Crippen LogP contribution in [0.4, 0.5) is 15.9 Å². The fourth-order valence-electron chi connectivity index (χ4n) is 3.08. The summed E-state index contributed by atoms with van der Waals surface area (Å²) in [5.74, 6) is -1.13. The van der Waals surface area contributed by atoms with E-state index in [0.29, 0.717) is 0 Å². The Hall–Kier alpha value is -3.92. The van der Waals surface area contributed by atoms with Crippen LogP contribution in [0.2, 0.25) is 0 Å². The monoisotopic (exact) mass is 442 g/mol. The van der Waals surface area contributed by atoms with Crippen LogP contribution in [0.25, 0.3) is 0 Å². The number of ether oxygens (including phenoxy) is 2. The van der Waals surface area contributed by atoms with Gasteiger partial charge in [-0.2, -0.15) is 0 Å². The lowest BCUT2D eigenvalue weighted by atomic mass is 10.2. The number of anilines is 2. The number of benzene rings is 2. The highest BCUT2D eigenvalue weighted by Crippen LogP contribution is 2.20. The molecule has 10 heteroatoms. The van der Waals surface area contributed by atoms with Crippen molar-refractivity contribution in [2.24, 2.45) is 0 Å². The number of nitrogens with one attached hydrogen (secondary N) is 1. The number of halogens is 1. The molecule has 0 saturated heterocycles. The first-order valence-electron chi connectivity index (χ1n) is 9.75. The zero-order valence-corrected chi connectivity index (χ0v) is 17.4. The molecule has 0 fully saturated rings. The van der Waals surface area contributed by atoms with Gasteiger partial charge in [0.2, 0.25) is 0 Å². The number of nitrogens with two attached hydrogens (primary N) is 1. The summed E-state index contributed by atoms with van der Waals surface area (Å²) >= 11 is 0. The number of aromatic amines is 1. The van der Waals surface area contributed by atoms with Crippen LogP contribution in [0.5, 0.6) is 5.75 Å². The van der Waals surface area contributed by atoms with E-state index in [1.54, 1.807) is 24.3 Å². The topological polar surface area (TPSA) is 120 Å². The van der Waals surface area contributed by atoms with Gasteiger partial charge in [0, 0.05) is 13.2 Å². The van der Waals surface area contributed by atoms with Crippen molar-refractivity contribution in [2.75, 3.05) is 31.0 Å². The number of nitrogen functional groups attached to an aromatic ring is 1. The average molecular weight is 442 g/mol. The maximum Gasteiger partial charge on any atom is 0.330 e. The van der Waals surface area contributed by atoms with E-state index in [9.17, 15) is 18.8 Å². The molecule has 3 aromatic rings. The molecular weight excluding hydrogens is 419 g/mol. The van der Waals surface area contributed by atoms with Crippen LogP contribution in [-0.2, 0) is 22.6 Å². The smallest absolute Gasteiger partial charge is 0.330 e. The predicted octanol–water partition coefficient (Wildman–Crippen LogP) is 1.52. The van der Waals surface area contributed by atoms with Crippen molar-refractivity contribution in [2.45, 2.75) is 13.1 Å². The quantitative estimate of drug-likeness (QED) is 0.519. The summed E-state index contributed by atoms with van der Waals surface area (Å²) in [4.78, 5) is 41.3. The maximum atomic E-state index is 13.4. The Morgan fingerprint density at radius 1 is 1.16 bits per heavy atom. The molecule has 1 amide bonds. The van der Waals surface area contributed by atoms with Crippen molar-refractivity contribution >= 4 is 17.4 Å². The number of methoxy groups -OCH3 is 1. The second kappa shape index (κ2) is 10.4. The van der Waals surface area contributed by atoms with E-state index in [4.69, 9.17) is 15.2 Å². The van der Waals surface area contributed by atoms with Crippen LogP contribution in [-0.4, -0.2) is 35.8 Å². The number of amides is 1. The second-order valence-corrected chi connectivity index (χ2v) is 6.85. The molecule has 0 spiro atoms. The van der Waals surface area contributed by atoms with Crippen molar-refractivity contribution in [3.8, 4) is 5.75 Å². The molecule has 1 heterocycles. The summed E-state index contributed by atoms with van der Waals surface area (Å²) in [6.45, 7) is -0.225. The summed E-state index contributed by atoms with van der Waals surface area (Å²) in [6.07, 6.45) is 0. The third-order valence-corrected chi connectivity index (χ3v) is 4.65. The Labute approximate surface area is 182 Å². The molecule has 32 heavy (non-hydrogen) atoms. The lowest BCUT2D eigenvalue weighted by Gasteiger charge is -2.24. The van der Waals surface area contributed by atoms with Gasteiger partial charge in [-0.25, -0.2) is 9.18 Å². The van der Waals surface area contributed by atoms with Gasteiger partial charge in [0.05, 0.1) is 19.7 Å². The zero-order chi connectivity index (χ0) is 23.1. The van der Waals surface area contributed by atoms with Crippen molar-refractivity contribution in [1.82, 2.24) is 9.55 Å². The molecule has 0 aliphatic heterocycles. The molecule has 0 saturated carbocycles. The lowest BCUT2D eigenvalue weighted by molar-refractivity contribution is -0.120. The van der Waals surface area contributed by atoms with Gasteiger partial charge in [-0.05, 0) is 17.7 Å². The molecule has 1 aromatic heterocycles. The van der Waals surface area contributed by atoms with Crippen LogP contribution in [0.15, 0.2) is 64.2 Å². The Morgan fingerprint density at radius 2 is 1.91 bits per heavy atom. The number of H-pyrrole nitrogens is 1. The van der Waals surface area contributed by atoms with Crippen LogP contribution < -0.4 is 26.6 Å². The van der Waals surface area contributed by atoms with Crippen LogP contribution in [0.3, 0.4) is 0 Å². The van der Waals surface area contributed by atoms with Gasteiger partial charge < -0.3 is 15.2 Å². The Bertz CT molecular complexity index is 1190. The Balaban J connectivity index is 1.98. The minimum Gasteiger partial charge on any atom is -0.484 e. The highest BCUT2D eigenvalue weighted by atomic mass is 19.1. The Kier molecular flexibility index (Phi) is 7.40. The molecule has 0 atom stereocenters. The SMILES string of the molecule is COCCn1c(N)c(N(Cc2ccccc2)C(=O)COc2cccc(F)c2)c(=O)[nH]c1=O. The number of carbonyl (C=O) groups excluding carboxylic acids is 1. The first-order valence-corrected chi connectivity index (χ1v) is 9.75. The molecule has 3 N–H and O–H groups in total. The van der Waals surface area contributed by atoms with Gasteiger partial charge in [-0.3, -0.25) is 24.0 Å². The van der Waals surface area contributed by atoms with Gasteiger partial charge in [-0.1, -0.05) is 36.4 Å². The summed E-state index contributed by atoms with van der Waals surface area (Å²) < 4.78 is 24.9. The minimum absolute atomic E-state index is 0.00193. The van der Waals surface area contributed by atoms with E-state index >= 15 is 0 Å².